The van der Waals surface area contributed by atoms with Crippen LogP contribution in [0.3, 0.4) is 0 Å². The first kappa shape index (κ1) is 20.0. The van der Waals surface area contributed by atoms with E-state index in [2.05, 4.69) is 11.3 Å². The molecule has 0 fully saturated rings. The molecule has 0 aromatic heterocycles. The van der Waals surface area contributed by atoms with E-state index in [1.807, 2.05) is 0 Å². The highest BCUT2D eigenvalue weighted by Crippen LogP contribution is 2.25. The fraction of sp³-hybridized carbons (Fsp3) is 0.167. The van der Waals surface area contributed by atoms with Crippen molar-refractivity contribution in [2.24, 2.45) is 0 Å². The van der Waals surface area contributed by atoms with E-state index in [0.29, 0.717) is 10.7 Å². The summed E-state index contributed by atoms with van der Waals surface area (Å²) < 4.78 is 36.8. The summed E-state index contributed by atoms with van der Waals surface area (Å²) in [5, 5.41) is 0.493. The third-order valence-electron chi connectivity index (χ3n) is 3.38. The van der Waals surface area contributed by atoms with Crippen LogP contribution in [0.1, 0.15) is 10.4 Å². The molecule has 0 aliphatic rings. The highest BCUT2D eigenvalue weighted by Gasteiger charge is 2.25. The SMILES string of the molecule is C=CCN(c1ccc(Cl)cc1)S(=O)(=O)c1cccc(C(=O)OCOC)c1. The van der Waals surface area contributed by atoms with Crippen LogP contribution in [0.15, 0.2) is 66.1 Å². The van der Waals surface area contributed by atoms with Gasteiger partial charge < -0.3 is 9.47 Å². The third kappa shape index (κ3) is 4.63. The van der Waals surface area contributed by atoms with Gasteiger partial charge in [0.1, 0.15) is 0 Å². The zero-order valence-electron chi connectivity index (χ0n) is 14.1. The minimum atomic E-state index is -3.93. The van der Waals surface area contributed by atoms with Crippen LogP contribution in [0, 0.1) is 0 Å². The number of sulfonamides is 1. The van der Waals surface area contributed by atoms with Crippen LogP contribution in [0.25, 0.3) is 0 Å². The maximum absolute atomic E-state index is 13.1. The van der Waals surface area contributed by atoms with Crippen molar-refractivity contribution >= 4 is 33.3 Å². The van der Waals surface area contributed by atoms with Crippen molar-refractivity contribution in [1.82, 2.24) is 0 Å². The fourth-order valence-electron chi connectivity index (χ4n) is 2.17. The lowest BCUT2D eigenvalue weighted by Gasteiger charge is -2.23. The molecule has 2 rings (SSSR count). The predicted octanol–water partition coefficient (Wildman–Crippen LogP) is 3.48. The smallest absolute Gasteiger partial charge is 0.340 e. The molecule has 0 radical (unpaired) electrons. The van der Waals surface area contributed by atoms with Gasteiger partial charge in [0.2, 0.25) is 0 Å². The van der Waals surface area contributed by atoms with Crippen molar-refractivity contribution in [2.45, 2.75) is 4.90 Å². The average molecular weight is 396 g/mol. The van der Waals surface area contributed by atoms with Crippen molar-refractivity contribution in [3.63, 3.8) is 0 Å². The number of benzene rings is 2. The van der Waals surface area contributed by atoms with E-state index in [1.54, 1.807) is 24.3 Å². The average Bonchev–Trinajstić information content (AvgIpc) is 2.65. The topological polar surface area (TPSA) is 72.9 Å². The standard InChI is InChI=1S/C18H18ClNO5S/c1-3-11-20(16-9-7-15(19)8-10-16)26(22,23)17-6-4-5-14(12-17)18(21)25-13-24-2/h3-10,12H,1,11,13H2,2H3. The molecule has 0 bridgehead atoms. The number of nitrogens with zero attached hydrogens (tertiary/aromatic N) is 1. The summed E-state index contributed by atoms with van der Waals surface area (Å²) in [6, 6.07) is 12.0. The minimum Gasteiger partial charge on any atom is -0.435 e. The summed E-state index contributed by atoms with van der Waals surface area (Å²) in [6.45, 7) is 3.45. The summed E-state index contributed by atoms with van der Waals surface area (Å²) in [6.07, 6.45) is 1.48. The van der Waals surface area contributed by atoms with Gasteiger partial charge in [0.05, 0.1) is 22.7 Å². The van der Waals surface area contributed by atoms with E-state index in [1.165, 1.54) is 41.8 Å². The van der Waals surface area contributed by atoms with Gasteiger partial charge in [0.15, 0.2) is 6.79 Å². The lowest BCUT2D eigenvalue weighted by atomic mass is 10.2. The number of carbonyl (C=O) groups excluding carboxylic acids is 1. The van der Waals surface area contributed by atoms with E-state index in [0.717, 1.165) is 0 Å². The number of hydrogen-bond acceptors (Lipinski definition) is 5. The van der Waals surface area contributed by atoms with Gasteiger partial charge >= 0.3 is 5.97 Å². The number of halogens is 1. The predicted molar refractivity (Wildman–Crippen MR) is 99.9 cm³/mol. The van der Waals surface area contributed by atoms with Crippen molar-refractivity contribution < 1.29 is 22.7 Å². The highest BCUT2D eigenvalue weighted by atomic mass is 35.5. The van der Waals surface area contributed by atoms with E-state index in [4.69, 9.17) is 16.3 Å². The Kier molecular flexibility index (Phi) is 6.79. The lowest BCUT2D eigenvalue weighted by molar-refractivity contribution is -0.0125. The largest absolute Gasteiger partial charge is 0.435 e. The molecule has 0 heterocycles. The van der Waals surface area contributed by atoms with Crippen LogP contribution in [0.5, 0.6) is 0 Å². The Morgan fingerprint density at radius 3 is 2.54 bits per heavy atom. The third-order valence-corrected chi connectivity index (χ3v) is 5.42. The number of carbonyl (C=O) groups is 1. The maximum atomic E-state index is 13.1. The number of ether oxygens (including phenoxy) is 2. The zero-order chi connectivity index (χ0) is 19.2. The van der Waals surface area contributed by atoms with Crippen LogP contribution in [0.2, 0.25) is 5.02 Å². The summed E-state index contributed by atoms with van der Waals surface area (Å²) in [4.78, 5) is 11.9. The molecular formula is C18H18ClNO5S. The van der Waals surface area contributed by atoms with Crippen LogP contribution in [-0.4, -0.2) is 34.8 Å². The first-order chi connectivity index (χ1) is 12.4. The maximum Gasteiger partial charge on any atom is 0.340 e. The molecule has 0 saturated carbocycles. The Bertz CT molecular complexity index is 881. The summed E-state index contributed by atoms with van der Waals surface area (Å²) in [5.41, 5.74) is 0.541. The number of hydrogen-bond donors (Lipinski definition) is 0. The van der Waals surface area contributed by atoms with Gasteiger partial charge in [-0.2, -0.15) is 0 Å². The van der Waals surface area contributed by atoms with E-state index in [-0.39, 0.29) is 23.8 Å². The van der Waals surface area contributed by atoms with Gasteiger partial charge in [-0.3, -0.25) is 4.31 Å². The van der Waals surface area contributed by atoms with Gasteiger partial charge in [-0.25, -0.2) is 13.2 Å². The molecule has 138 valence electrons. The monoisotopic (exact) mass is 395 g/mol. The minimum absolute atomic E-state index is 0.0406. The molecule has 8 heteroatoms. The van der Waals surface area contributed by atoms with Gasteiger partial charge in [0, 0.05) is 12.1 Å². The molecule has 0 aliphatic carbocycles. The normalized spacial score (nSPS) is 11.0. The molecule has 0 amide bonds. The Balaban J connectivity index is 2.41. The van der Waals surface area contributed by atoms with Gasteiger partial charge in [-0.15, -0.1) is 6.58 Å². The van der Waals surface area contributed by atoms with Crippen molar-refractivity contribution in [3.8, 4) is 0 Å². The van der Waals surface area contributed by atoms with E-state index < -0.39 is 16.0 Å². The van der Waals surface area contributed by atoms with Crippen LogP contribution >= 0.6 is 11.6 Å². The van der Waals surface area contributed by atoms with E-state index >= 15 is 0 Å². The second-order valence-electron chi connectivity index (χ2n) is 5.17. The van der Waals surface area contributed by atoms with Gasteiger partial charge in [0.25, 0.3) is 10.0 Å². The molecule has 6 nitrogen and oxygen atoms in total. The summed E-state index contributed by atoms with van der Waals surface area (Å²) in [5.74, 6) is -0.675. The first-order valence-electron chi connectivity index (χ1n) is 7.55. The highest BCUT2D eigenvalue weighted by molar-refractivity contribution is 7.92. The molecule has 0 saturated heterocycles. The molecule has 26 heavy (non-hydrogen) atoms. The molecule has 0 atom stereocenters. The Morgan fingerprint density at radius 2 is 1.92 bits per heavy atom. The Labute approximate surface area is 157 Å². The van der Waals surface area contributed by atoms with Crippen molar-refractivity contribution in [1.29, 1.82) is 0 Å². The Hall–Kier alpha value is -2.35. The fourth-order valence-corrected chi connectivity index (χ4v) is 3.78. The zero-order valence-corrected chi connectivity index (χ0v) is 15.7. The number of methoxy groups -OCH3 is 1. The Morgan fingerprint density at radius 1 is 1.23 bits per heavy atom. The van der Waals surface area contributed by atoms with E-state index in [9.17, 15) is 13.2 Å². The molecule has 0 N–H and O–H groups in total. The molecule has 2 aromatic carbocycles. The molecule has 0 spiro atoms. The quantitative estimate of drug-likeness (QED) is 0.388. The first-order valence-corrected chi connectivity index (χ1v) is 9.37. The van der Waals surface area contributed by atoms with Crippen LogP contribution < -0.4 is 4.31 Å². The molecule has 2 aromatic rings. The van der Waals surface area contributed by atoms with Crippen LogP contribution in [-0.2, 0) is 19.5 Å². The number of esters is 1. The lowest BCUT2D eigenvalue weighted by Crippen LogP contribution is -2.31. The van der Waals surface area contributed by atoms with Crippen molar-refractivity contribution in [3.05, 3.63) is 71.8 Å². The number of anilines is 1. The molecule has 0 unspecified atom stereocenters. The van der Waals surface area contributed by atoms with Crippen molar-refractivity contribution in [2.75, 3.05) is 24.8 Å². The second-order valence-corrected chi connectivity index (χ2v) is 7.47. The summed E-state index contributed by atoms with van der Waals surface area (Å²) in [7, 11) is -2.54. The number of rotatable bonds is 8. The summed E-state index contributed by atoms with van der Waals surface area (Å²) >= 11 is 5.87. The van der Waals surface area contributed by atoms with Crippen LogP contribution in [0.4, 0.5) is 5.69 Å². The molecule has 0 aliphatic heterocycles. The van der Waals surface area contributed by atoms with Gasteiger partial charge in [-0.05, 0) is 42.5 Å². The molecular weight excluding hydrogens is 378 g/mol. The second kappa shape index (κ2) is 8.84. The van der Waals surface area contributed by atoms with Gasteiger partial charge in [-0.1, -0.05) is 23.7 Å².